The first-order valence-corrected chi connectivity index (χ1v) is 4.92. The lowest BCUT2D eigenvalue weighted by Gasteiger charge is -2.09. The Bertz CT molecular complexity index is 466. The number of benzene rings is 1. The zero-order chi connectivity index (χ0) is 11.4. The molecule has 2 aromatic rings. The number of nitrogens with two attached hydrogens (primary N) is 2. The van der Waals surface area contributed by atoms with Crippen LogP contribution in [0.4, 0.5) is 17.3 Å². The molecular formula is C11H13N5. The molecule has 0 amide bonds. The van der Waals surface area contributed by atoms with Crippen molar-refractivity contribution in [2.75, 3.05) is 11.1 Å². The van der Waals surface area contributed by atoms with Crippen LogP contribution in [0.5, 0.6) is 0 Å². The van der Waals surface area contributed by atoms with Gasteiger partial charge in [-0.1, -0.05) is 18.2 Å². The maximum atomic E-state index is 5.64. The first-order valence-electron chi connectivity index (χ1n) is 4.92. The van der Waals surface area contributed by atoms with Crippen molar-refractivity contribution in [3.05, 3.63) is 42.2 Å². The molecule has 0 saturated heterocycles. The van der Waals surface area contributed by atoms with Gasteiger partial charge in [0.15, 0.2) is 0 Å². The SMILES string of the molecule is NCc1ccccc1Nc1cnc(N)nc1. The molecule has 1 heterocycles. The van der Waals surface area contributed by atoms with Gasteiger partial charge in [0.05, 0.1) is 18.1 Å². The minimum Gasteiger partial charge on any atom is -0.368 e. The number of nitrogen functional groups attached to an aromatic ring is 1. The van der Waals surface area contributed by atoms with Crippen LogP contribution >= 0.6 is 0 Å². The summed E-state index contributed by atoms with van der Waals surface area (Å²) >= 11 is 0. The van der Waals surface area contributed by atoms with E-state index in [0.717, 1.165) is 16.9 Å². The predicted octanol–water partition coefficient (Wildman–Crippen LogP) is 1.26. The molecule has 0 bridgehead atoms. The summed E-state index contributed by atoms with van der Waals surface area (Å²) in [5, 5.41) is 3.19. The highest BCUT2D eigenvalue weighted by Gasteiger charge is 2.00. The summed E-state index contributed by atoms with van der Waals surface area (Å²) in [6.07, 6.45) is 3.27. The van der Waals surface area contributed by atoms with Crippen LogP contribution in [0.25, 0.3) is 0 Å². The molecule has 5 nitrogen and oxygen atoms in total. The molecule has 0 saturated carbocycles. The van der Waals surface area contributed by atoms with E-state index < -0.39 is 0 Å². The van der Waals surface area contributed by atoms with E-state index in [4.69, 9.17) is 11.5 Å². The van der Waals surface area contributed by atoms with Crippen LogP contribution in [0, 0.1) is 0 Å². The fourth-order valence-corrected chi connectivity index (χ4v) is 1.38. The number of para-hydroxylation sites is 1. The van der Waals surface area contributed by atoms with Gasteiger partial charge in [-0.2, -0.15) is 0 Å². The van der Waals surface area contributed by atoms with E-state index in [1.165, 1.54) is 0 Å². The molecule has 1 aromatic carbocycles. The second kappa shape index (κ2) is 4.59. The van der Waals surface area contributed by atoms with Crippen molar-refractivity contribution in [3.8, 4) is 0 Å². The summed E-state index contributed by atoms with van der Waals surface area (Å²) in [4.78, 5) is 7.81. The van der Waals surface area contributed by atoms with Gasteiger partial charge in [0, 0.05) is 12.2 Å². The number of hydrogen-bond acceptors (Lipinski definition) is 5. The maximum absolute atomic E-state index is 5.64. The number of anilines is 3. The molecule has 0 atom stereocenters. The Morgan fingerprint density at radius 3 is 2.50 bits per heavy atom. The molecule has 1 aromatic heterocycles. The monoisotopic (exact) mass is 215 g/mol. The van der Waals surface area contributed by atoms with Gasteiger partial charge in [0.2, 0.25) is 5.95 Å². The number of nitrogens with zero attached hydrogens (tertiary/aromatic N) is 2. The molecule has 0 unspecified atom stereocenters. The smallest absolute Gasteiger partial charge is 0.220 e. The molecule has 16 heavy (non-hydrogen) atoms. The Kier molecular flexibility index (Phi) is 2.98. The summed E-state index contributed by atoms with van der Waals surface area (Å²) in [6.45, 7) is 0.485. The largest absolute Gasteiger partial charge is 0.368 e. The fraction of sp³-hybridized carbons (Fsp3) is 0.0909. The zero-order valence-electron chi connectivity index (χ0n) is 8.72. The second-order valence-electron chi connectivity index (χ2n) is 3.32. The summed E-state index contributed by atoms with van der Waals surface area (Å²) in [7, 11) is 0. The minimum atomic E-state index is 0.262. The van der Waals surface area contributed by atoms with Crippen molar-refractivity contribution in [1.29, 1.82) is 0 Å². The van der Waals surface area contributed by atoms with Gasteiger partial charge in [0.1, 0.15) is 0 Å². The molecule has 82 valence electrons. The third kappa shape index (κ3) is 2.26. The topological polar surface area (TPSA) is 89.8 Å². The van der Waals surface area contributed by atoms with Gasteiger partial charge in [-0.25, -0.2) is 9.97 Å². The summed E-state index contributed by atoms with van der Waals surface area (Å²) < 4.78 is 0. The quantitative estimate of drug-likeness (QED) is 0.717. The van der Waals surface area contributed by atoms with Crippen molar-refractivity contribution in [2.45, 2.75) is 6.54 Å². The minimum absolute atomic E-state index is 0.262. The van der Waals surface area contributed by atoms with E-state index in [2.05, 4.69) is 15.3 Å². The van der Waals surface area contributed by atoms with Crippen molar-refractivity contribution in [2.24, 2.45) is 5.73 Å². The van der Waals surface area contributed by atoms with Crippen LogP contribution in [-0.4, -0.2) is 9.97 Å². The molecule has 2 rings (SSSR count). The van der Waals surface area contributed by atoms with Gasteiger partial charge in [-0.15, -0.1) is 0 Å². The van der Waals surface area contributed by atoms with Crippen LogP contribution in [0.1, 0.15) is 5.56 Å². The number of rotatable bonds is 3. The Balaban J connectivity index is 2.23. The van der Waals surface area contributed by atoms with Gasteiger partial charge in [0.25, 0.3) is 0 Å². The first-order chi connectivity index (χ1) is 7.79. The second-order valence-corrected chi connectivity index (χ2v) is 3.32. The van der Waals surface area contributed by atoms with Crippen molar-refractivity contribution in [1.82, 2.24) is 9.97 Å². The Morgan fingerprint density at radius 1 is 1.12 bits per heavy atom. The van der Waals surface area contributed by atoms with Crippen LogP contribution in [-0.2, 0) is 6.54 Å². The average Bonchev–Trinajstić information content (AvgIpc) is 2.33. The Morgan fingerprint density at radius 2 is 1.81 bits per heavy atom. The standard InChI is InChI=1S/C11H13N5/c12-5-8-3-1-2-4-10(8)16-9-6-14-11(13)15-7-9/h1-4,6-7,16H,5,12H2,(H2,13,14,15). The van der Waals surface area contributed by atoms with Crippen LogP contribution < -0.4 is 16.8 Å². The maximum Gasteiger partial charge on any atom is 0.220 e. The third-order valence-corrected chi connectivity index (χ3v) is 2.19. The molecule has 0 aliphatic carbocycles. The fourth-order valence-electron chi connectivity index (χ4n) is 1.38. The highest BCUT2D eigenvalue weighted by atomic mass is 15.0. The van der Waals surface area contributed by atoms with E-state index in [0.29, 0.717) is 6.54 Å². The predicted molar refractivity (Wildman–Crippen MR) is 64.1 cm³/mol. The highest BCUT2D eigenvalue weighted by molar-refractivity contribution is 5.62. The van der Waals surface area contributed by atoms with Crippen molar-refractivity contribution >= 4 is 17.3 Å². The molecule has 0 radical (unpaired) electrons. The normalized spacial score (nSPS) is 10.1. The first kappa shape index (κ1) is 10.4. The van der Waals surface area contributed by atoms with Gasteiger partial charge in [-0.05, 0) is 11.6 Å². The number of nitrogens with one attached hydrogen (secondary N) is 1. The Hall–Kier alpha value is -2.14. The molecule has 0 aliphatic heterocycles. The number of aromatic nitrogens is 2. The average molecular weight is 215 g/mol. The van der Waals surface area contributed by atoms with Gasteiger partial charge < -0.3 is 16.8 Å². The Labute approximate surface area is 93.5 Å². The molecule has 0 spiro atoms. The van der Waals surface area contributed by atoms with E-state index in [1.54, 1.807) is 12.4 Å². The van der Waals surface area contributed by atoms with Crippen molar-refractivity contribution in [3.63, 3.8) is 0 Å². The highest BCUT2D eigenvalue weighted by Crippen LogP contribution is 2.19. The molecular weight excluding hydrogens is 202 g/mol. The van der Waals surface area contributed by atoms with Crippen LogP contribution in [0.2, 0.25) is 0 Å². The molecule has 0 fully saturated rings. The van der Waals surface area contributed by atoms with Crippen LogP contribution in [0.15, 0.2) is 36.7 Å². The van der Waals surface area contributed by atoms with Gasteiger partial charge >= 0.3 is 0 Å². The molecule has 0 aliphatic rings. The lowest BCUT2D eigenvalue weighted by molar-refractivity contribution is 1.07. The van der Waals surface area contributed by atoms with E-state index in [-0.39, 0.29) is 5.95 Å². The van der Waals surface area contributed by atoms with E-state index in [1.807, 2.05) is 24.3 Å². The van der Waals surface area contributed by atoms with E-state index in [9.17, 15) is 0 Å². The van der Waals surface area contributed by atoms with E-state index >= 15 is 0 Å². The zero-order valence-corrected chi connectivity index (χ0v) is 8.72. The summed E-state index contributed by atoms with van der Waals surface area (Å²) in [6, 6.07) is 7.82. The lowest BCUT2D eigenvalue weighted by atomic mass is 10.2. The third-order valence-electron chi connectivity index (χ3n) is 2.19. The summed E-state index contributed by atoms with van der Waals surface area (Å²) in [5.74, 6) is 0.262. The molecule has 5 heteroatoms. The molecule has 5 N–H and O–H groups in total. The van der Waals surface area contributed by atoms with Gasteiger partial charge in [-0.3, -0.25) is 0 Å². The van der Waals surface area contributed by atoms with Crippen molar-refractivity contribution < 1.29 is 0 Å². The van der Waals surface area contributed by atoms with Crippen LogP contribution in [0.3, 0.4) is 0 Å². The lowest BCUT2D eigenvalue weighted by Crippen LogP contribution is -2.02. The summed E-state index contributed by atoms with van der Waals surface area (Å²) in [5.41, 5.74) is 13.8. The number of hydrogen-bond donors (Lipinski definition) is 3.